The van der Waals surface area contributed by atoms with Crippen LogP contribution in [0.3, 0.4) is 0 Å². The molecule has 60 valence electrons. The van der Waals surface area contributed by atoms with Gasteiger partial charge in [-0.1, -0.05) is 13.3 Å². The Hall–Kier alpha value is -0.180. The van der Waals surface area contributed by atoms with E-state index in [4.69, 9.17) is 4.74 Å². The first kappa shape index (κ1) is 9.82. The Kier molecular flexibility index (Phi) is 5.49. The van der Waals surface area contributed by atoms with E-state index >= 15 is 0 Å². The summed E-state index contributed by atoms with van der Waals surface area (Å²) in [5.41, 5.74) is 0. The molecule has 0 aromatic carbocycles. The Labute approximate surface area is 67.4 Å². The van der Waals surface area contributed by atoms with E-state index < -0.39 is 0 Å². The fourth-order valence-corrected chi connectivity index (χ4v) is 0.962. The van der Waals surface area contributed by atoms with Crippen LogP contribution in [0.15, 0.2) is 0 Å². The van der Waals surface area contributed by atoms with Crippen molar-refractivity contribution in [3.63, 3.8) is 0 Å². The molecule has 0 aromatic heterocycles. The minimum absolute atomic E-state index is 0.201. The number of esters is 1. The summed E-state index contributed by atoms with van der Waals surface area (Å²) in [5, 5.41) is -0.232. The zero-order valence-electron chi connectivity index (χ0n) is 6.46. The van der Waals surface area contributed by atoms with Gasteiger partial charge in [-0.05, 0) is 13.3 Å². The van der Waals surface area contributed by atoms with Crippen molar-refractivity contribution in [1.29, 1.82) is 0 Å². The van der Waals surface area contributed by atoms with Gasteiger partial charge in [0.1, 0.15) is 0 Å². The van der Waals surface area contributed by atoms with Crippen molar-refractivity contribution in [3.05, 3.63) is 0 Å². The number of carbonyl (C=O) groups excluding carboxylic acids is 1. The monoisotopic (exact) mass is 162 g/mol. The maximum Gasteiger partial charge on any atom is 0.318 e. The van der Waals surface area contributed by atoms with Crippen LogP contribution in [0.1, 0.15) is 26.7 Å². The van der Waals surface area contributed by atoms with Crippen molar-refractivity contribution in [1.82, 2.24) is 0 Å². The van der Waals surface area contributed by atoms with Crippen molar-refractivity contribution in [2.75, 3.05) is 6.61 Å². The van der Waals surface area contributed by atoms with Gasteiger partial charge in [-0.2, -0.15) is 12.6 Å². The molecule has 3 heteroatoms. The van der Waals surface area contributed by atoms with Crippen molar-refractivity contribution in [2.45, 2.75) is 31.9 Å². The molecule has 0 spiro atoms. The minimum atomic E-state index is -0.232. The lowest BCUT2D eigenvalue weighted by Gasteiger charge is -2.06. The second kappa shape index (κ2) is 5.59. The van der Waals surface area contributed by atoms with Gasteiger partial charge in [0.05, 0.1) is 11.9 Å². The Morgan fingerprint density at radius 3 is 2.60 bits per heavy atom. The van der Waals surface area contributed by atoms with Crippen LogP contribution >= 0.6 is 12.6 Å². The first-order valence-corrected chi connectivity index (χ1v) is 4.08. The summed E-state index contributed by atoms with van der Waals surface area (Å²) in [7, 11) is 0. The molecule has 10 heavy (non-hydrogen) atoms. The van der Waals surface area contributed by atoms with Crippen LogP contribution in [-0.4, -0.2) is 17.8 Å². The quantitative estimate of drug-likeness (QED) is 0.502. The molecule has 0 aliphatic heterocycles. The van der Waals surface area contributed by atoms with Crippen LogP contribution in [0.2, 0.25) is 0 Å². The van der Waals surface area contributed by atoms with Gasteiger partial charge in [-0.3, -0.25) is 4.79 Å². The van der Waals surface area contributed by atoms with Crippen LogP contribution < -0.4 is 0 Å². The number of rotatable bonds is 4. The summed E-state index contributed by atoms with van der Waals surface area (Å²) in [6.07, 6.45) is 1.76. The van der Waals surface area contributed by atoms with E-state index in [-0.39, 0.29) is 11.2 Å². The topological polar surface area (TPSA) is 26.3 Å². The minimum Gasteiger partial charge on any atom is -0.465 e. The number of hydrogen-bond donors (Lipinski definition) is 1. The highest BCUT2D eigenvalue weighted by molar-refractivity contribution is 7.81. The molecule has 2 nitrogen and oxygen atoms in total. The first-order chi connectivity index (χ1) is 4.72. The summed E-state index contributed by atoms with van der Waals surface area (Å²) in [4.78, 5) is 10.8. The molecule has 0 unspecified atom stereocenters. The van der Waals surface area contributed by atoms with Gasteiger partial charge in [-0.15, -0.1) is 0 Å². The third kappa shape index (κ3) is 3.77. The van der Waals surface area contributed by atoms with Crippen LogP contribution in [0.4, 0.5) is 0 Å². The second-order valence-corrected chi connectivity index (χ2v) is 2.68. The lowest BCUT2D eigenvalue weighted by atomic mass is 10.2. The van der Waals surface area contributed by atoms with Crippen molar-refractivity contribution < 1.29 is 9.53 Å². The summed E-state index contributed by atoms with van der Waals surface area (Å²) in [5.74, 6) is -0.201. The van der Waals surface area contributed by atoms with Crippen LogP contribution in [-0.2, 0) is 9.53 Å². The van der Waals surface area contributed by atoms with E-state index in [0.29, 0.717) is 6.61 Å². The number of hydrogen-bond acceptors (Lipinski definition) is 3. The second-order valence-electron chi connectivity index (χ2n) is 2.06. The zero-order valence-corrected chi connectivity index (χ0v) is 7.36. The molecule has 0 heterocycles. The molecular weight excluding hydrogens is 148 g/mol. The third-order valence-electron chi connectivity index (χ3n) is 1.12. The molecule has 0 bridgehead atoms. The van der Waals surface area contributed by atoms with Gasteiger partial charge < -0.3 is 4.74 Å². The molecule has 0 saturated heterocycles. The van der Waals surface area contributed by atoms with Gasteiger partial charge in [0.25, 0.3) is 0 Å². The van der Waals surface area contributed by atoms with E-state index in [2.05, 4.69) is 12.6 Å². The Balaban J connectivity index is 3.49. The van der Waals surface area contributed by atoms with Gasteiger partial charge in [0, 0.05) is 0 Å². The summed E-state index contributed by atoms with van der Waals surface area (Å²) < 4.78 is 4.74. The molecule has 1 atom stereocenters. The predicted octanol–water partition coefficient (Wildman–Crippen LogP) is 1.65. The van der Waals surface area contributed by atoms with Crippen LogP contribution in [0.5, 0.6) is 0 Å². The predicted molar refractivity (Wildman–Crippen MR) is 44.3 cm³/mol. The average molecular weight is 162 g/mol. The number of carbonyl (C=O) groups is 1. The highest BCUT2D eigenvalue weighted by Gasteiger charge is 2.12. The van der Waals surface area contributed by atoms with Crippen LogP contribution in [0.25, 0.3) is 0 Å². The maximum atomic E-state index is 10.8. The fraction of sp³-hybridized carbons (Fsp3) is 0.857. The van der Waals surface area contributed by atoms with Gasteiger partial charge in [0.15, 0.2) is 0 Å². The maximum absolute atomic E-state index is 10.8. The van der Waals surface area contributed by atoms with E-state index in [0.717, 1.165) is 12.8 Å². The Morgan fingerprint density at radius 1 is 1.60 bits per heavy atom. The molecule has 0 N–H and O–H groups in total. The Bertz CT molecular complexity index is 104. The highest BCUT2D eigenvalue weighted by atomic mass is 32.1. The van der Waals surface area contributed by atoms with Crippen LogP contribution in [0, 0.1) is 0 Å². The van der Waals surface area contributed by atoms with E-state index in [9.17, 15) is 4.79 Å². The molecular formula is C7H14O2S. The SMILES string of the molecule is CCC[C@H](S)C(=O)OCC. The molecule has 0 aliphatic rings. The molecule has 0 fully saturated rings. The first-order valence-electron chi connectivity index (χ1n) is 3.57. The fourth-order valence-electron chi connectivity index (χ4n) is 0.630. The largest absolute Gasteiger partial charge is 0.465 e. The lowest BCUT2D eigenvalue weighted by Crippen LogP contribution is -2.17. The molecule has 0 saturated carbocycles. The normalized spacial score (nSPS) is 12.7. The van der Waals surface area contributed by atoms with Crippen molar-refractivity contribution >= 4 is 18.6 Å². The van der Waals surface area contributed by atoms with Gasteiger partial charge in [0.2, 0.25) is 0 Å². The zero-order chi connectivity index (χ0) is 7.98. The lowest BCUT2D eigenvalue weighted by molar-refractivity contribution is -0.142. The van der Waals surface area contributed by atoms with E-state index in [1.165, 1.54) is 0 Å². The number of ether oxygens (including phenoxy) is 1. The molecule has 0 rings (SSSR count). The molecule has 0 amide bonds. The third-order valence-corrected chi connectivity index (χ3v) is 1.59. The highest BCUT2D eigenvalue weighted by Crippen LogP contribution is 2.05. The molecule has 0 aliphatic carbocycles. The number of thiol groups is 1. The smallest absolute Gasteiger partial charge is 0.318 e. The summed E-state index contributed by atoms with van der Waals surface area (Å²) in [6.45, 7) is 4.26. The summed E-state index contributed by atoms with van der Waals surface area (Å²) in [6, 6.07) is 0. The van der Waals surface area contributed by atoms with Gasteiger partial charge in [-0.25, -0.2) is 0 Å². The van der Waals surface area contributed by atoms with E-state index in [1.807, 2.05) is 6.92 Å². The van der Waals surface area contributed by atoms with Gasteiger partial charge >= 0.3 is 5.97 Å². The molecule has 0 aromatic rings. The van der Waals surface area contributed by atoms with Crippen molar-refractivity contribution in [2.24, 2.45) is 0 Å². The average Bonchev–Trinajstić information content (AvgIpc) is 1.89. The van der Waals surface area contributed by atoms with E-state index in [1.54, 1.807) is 6.92 Å². The Morgan fingerprint density at radius 2 is 2.20 bits per heavy atom. The molecule has 0 radical (unpaired) electrons. The standard InChI is InChI=1S/C7H14O2S/c1-3-5-6(10)7(8)9-4-2/h6,10H,3-5H2,1-2H3/t6-/m0/s1. The van der Waals surface area contributed by atoms with Crippen molar-refractivity contribution in [3.8, 4) is 0 Å². The summed E-state index contributed by atoms with van der Waals surface area (Å²) >= 11 is 4.06.